The number of hydrogen-bond acceptors (Lipinski definition) is 7. The number of benzene rings is 1. The highest BCUT2D eigenvalue weighted by molar-refractivity contribution is 5.88. The summed E-state index contributed by atoms with van der Waals surface area (Å²) in [6.07, 6.45) is 4.82. The molecule has 4 heterocycles. The molecule has 0 saturated heterocycles. The normalized spacial score (nSPS) is 12.0. The number of fused-ring (bicyclic) bond motifs is 2. The van der Waals surface area contributed by atoms with Gasteiger partial charge in [0.1, 0.15) is 17.9 Å². The summed E-state index contributed by atoms with van der Waals surface area (Å²) in [6, 6.07) is 15.4. The average molecular weight is 392 g/mol. The third-order valence-corrected chi connectivity index (χ3v) is 4.94. The number of nitriles is 1. The minimum Gasteiger partial charge on any atom is -0.362 e. The van der Waals surface area contributed by atoms with Crippen LogP contribution in [-0.4, -0.2) is 29.9 Å². The Balaban J connectivity index is 1.67. The van der Waals surface area contributed by atoms with Crippen molar-refractivity contribution < 1.29 is 0 Å². The van der Waals surface area contributed by atoms with E-state index in [1.165, 1.54) is 6.33 Å². The molecule has 8 heteroatoms. The monoisotopic (exact) mass is 392 g/mol. The zero-order chi connectivity index (χ0) is 20.5. The second kappa shape index (κ2) is 7.22. The van der Waals surface area contributed by atoms with Crippen molar-refractivity contribution in [2.45, 2.75) is 13.0 Å². The van der Waals surface area contributed by atoms with Gasteiger partial charge < -0.3 is 10.3 Å². The summed E-state index contributed by atoms with van der Waals surface area (Å²) in [5.41, 5.74) is 4.93. The molecule has 2 N–H and O–H groups in total. The number of aromatic nitrogens is 6. The number of para-hydroxylation sites is 1. The van der Waals surface area contributed by atoms with Gasteiger partial charge in [-0.3, -0.25) is 4.98 Å². The Hall–Kier alpha value is -4.38. The molecule has 30 heavy (non-hydrogen) atoms. The molecule has 8 nitrogen and oxygen atoms in total. The van der Waals surface area contributed by atoms with Crippen molar-refractivity contribution in [3.8, 4) is 17.5 Å². The Kier molecular flexibility index (Phi) is 4.26. The van der Waals surface area contributed by atoms with Crippen molar-refractivity contribution in [2.24, 2.45) is 0 Å². The Morgan fingerprint density at radius 2 is 1.97 bits per heavy atom. The summed E-state index contributed by atoms with van der Waals surface area (Å²) in [5, 5.41) is 13.8. The second-order valence-corrected chi connectivity index (χ2v) is 6.82. The van der Waals surface area contributed by atoms with Gasteiger partial charge in [0.25, 0.3) is 0 Å². The second-order valence-electron chi connectivity index (χ2n) is 6.82. The van der Waals surface area contributed by atoms with E-state index in [4.69, 9.17) is 4.98 Å². The van der Waals surface area contributed by atoms with Crippen molar-refractivity contribution in [1.29, 1.82) is 5.26 Å². The minimum atomic E-state index is -0.153. The fourth-order valence-corrected chi connectivity index (χ4v) is 3.50. The van der Waals surface area contributed by atoms with E-state index in [9.17, 15) is 5.26 Å². The summed E-state index contributed by atoms with van der Waals surface area (Å²) < 4.78 is 0. The van der Waals surface area contributed by atoms with Crippen molar-refractivity contribution >= 4 is 27.9 Å². The first-order valence-electron chi connectivity index (χ1n) is 9.40. The van der Waals surface area contributed by atoms with Crippen LogP contribution >= 0.6 is 0 Å². The molecule has 0 spiro atoms. The van der Waals surface area contributed by atoms with Crippen LogP contribution in [0.4, 0.5) is 5.82 Å². The highest BCUT2D eigenvalue weighted by Crippen LogP contribution is 2.32. The number of imidazole rings is 1. The van der Waals surface area contributed by atoms with Crippen LogP contribution in [0, 0.1) is 11.3 Å². The summed E-state index contributed by atoms with van der Waals surface area (Å²) in [7, 11) is 0. The Labute approximate surface area is 171 Å². The summed E-state index contributed by atoms with van der Waals surface area (Å²) >= 11 is 0. The van der Waals surface area contributed by atoms with Crippen LogP contribution in [0.3, 0.4) is 0 Å². The van der Waals surface area contributed by atoms with Crippen LogP contribution in [0.15, 0.2) is 61.3 Å². The van der Waals surface area contributed by atoms with Crippen LogP contribution in [0.25, 0.3) is 33.5 Å². The van der Waals surface area contributed by atoms with Gasteiger partial charge in [-0.05, 0) is 31.2 Å². The minimum absolute atomic E-state index is 0.153. The summed E-state index contributed by atoms with van der Waals surface area (Å²) in [4.78, 5) is 25.2. The number of anilines is 1. The SMILES string of the molecule is C[C@H](Nc1ncnc2[nH]cnc12)c1cc2cccc(C#N)c2nc1-c1ccccn1. The first kappa shape index (κ1) is 17.7. The van der Waals surface area contributed by atoms with E-state index in [2.05, 4.69) is 36.3 Å². The molecular weight excluding hydrogens is 376 g/mol. The predicted octanol–water partition coefficient (Wildman–Crippen LogP) is 4.01. The molecule has 0 aliphatic rings. The van der Waals surface area contributed by atoms with E-state index in [1.807, 2.05) is 43.3 Å². The molecule has 5 rings (SSSR count). The van der Waals surface area contributed by atoms with Crippen LogP contribution in [0.1, 0.15) is 24.1 Å². The van der Waals surface area contributed by atoms with Gasteiger partial charge in [-0.2, -0.15) is 5.26 Å². The highest BCUT2D eigenvalue weighted by Gasteiger charge is 2.19. The van der Waals surface area contributed by atoms with E-state index >= 15 is 0 Å². The number of hydrogen-bond donors (Lipinski definition) is 2. The van der Waals surface area contributed by atoms with Gasteiger partial charge in [0.2, 0.25) is 0 Å². The molecule has 0 fully saturated rings. The molecule has 0 aliphatic carbocycles. The number of aromatic amines is 1. The third kappa shape index (κ3) is 2.99. The van der Waals surface area contributed by atoms with Crippen LogP contribution in [-0.2, 0) is 0 Å². The molecule has 1 aromatic carbocycles. The molecule has 0 radical (unpaired) electrons. The molecule has 0 unspecified atom stereocenters. The number of pyridine rings is 2. The molecule has 0 aliphatic heterocycles. The van der Waals surface area contributed by atoms with Gasteiger partial charge in [0.15, 0.2) is 11.5 Å². The molecule has 0 bridgehead atoms. The van der Waals surface area contributed by atoms with Gasteiger partial charge in [0.05, 0.1) is 34.8 Å². The lowest BCUT2D eigenvalue weighted by Gasteiger charge is -2.19. The van der Waals surface area contributed by atoms with Gasteiger partial charge in [0, 0.05) is 17.1 Å². The maximum absolute atomic E-state index is 9.51. The average Bonchev–Trinajstić information content (AvgIpc) is 3.28. The standard InChI is InChI=1S/C22H16N8/c1-13(29-22-20-21(26-11-25-20)27-12-28-22)16-9-14-5-4-6-15(10-23)18(14)30-19(16)17-7-2-3-8-24-17/h2-9,11-13H,1H3,(H2,25,26,27,28,29)/t13-/m0/s1. The Morgan fingerprint density at radius 3 is 2.80 bits per heavy atom. The molecular formula is C22H16N8. The largest absolute Gasteiger partial charge is 0.362 e. The zero-order valence-corrected chi connectivity index (χ0v) is 16.0. The molecule has 4 aromatic heterocycles. The number of rotatable bonds is 4. The topological polar surface area (TPSA) is 116 Å². The van der Waals surface area contributed by atoms with E-state index in [1.54, 1.807) is 18.6 Å². The maximum Gasteiger partial charge on any atom is 0.162 e. The van der Waals surface area contributed by atoms with Crippen molar-refractivity contribution in [3.63, 3.8) is 0 Å². The highest BCUT2D eigenvalue weighted by atomic mass is 15.1. The van der Waals surface area contributed by atoms with Gasteiger partial charge in [-0.15, -0.1) is 0 Å². The summed E-state index contributed by atoms with van der Waals surface area (Å²) in [6.45, 7) is 2.03. The molecule has 1 atom stereocenters. The van der Waals surface area contributed by atoms with Gasteiger partial charge >= 0.3 is 0 Å². The van der Waals surface area contributed by atoms with Gasteiger partial charge in [-0.25, -0.2) is 19.9 Å². The third-order valence-electron chi connectivity index (χ3n) is 4.94. The molecule has 144 valence electrons. The molecule has 0 amide bonds. The first-order valence-corrected chi connectivity index (χ1v) is 9.40. The van der Waals surface area contributed by atoms with E-state index in [0.29, 0.717) is 28.1 Å². The maximum atomic E-state index is 9.51. The number of nitrogens with zero attached hydrogens (tertiary/aromatic N) is 6. The van der Waals surface area contributed by atoms with Gasteiger partial charge in [-0.1, -0.05) is 18.2 Å². The Morgan fingerprint density at radius 1 is 1.03 bits per heavy atom. The quantitative estimate of drug-likeness (QED) is 0.475. The van der Waals surface area contributed by atoms with Crippen molar-refractivity contribution in [3.05, 3.63) is 72.4 Å². The lowest BCUT2D eigenvalue weighted by Crippen LogP contribution is -2.11. The van der Waals surface area contributed by atoms with E-state index in [0.717, 1.165) is 22.3 Å². The van der Waals surface area contributed by atoms with E-state index in [-0.39, 0.29) is 6.04 Å². The lowest BCUT2D eigenvalue weighted by atomic mass is 9.99. The van der Waals surface area contributed by atoms with Crippen LogP contribution in [0.2, 0.25) is 0 Å². The number of nitrogens with one attached hydrogen (secondary N) is 2. The summed E-state index contributed by atoms with van der Waals surface area (Å²) in [5.74, 6) is 0.631. The van der Waals surface area contributed by atoms with Crippen LogP contribution in [0.5, 0.6) is 0 Å². The Bertz CT molecular complexity index is 1400. The number of H-pyrrole nitrogens is 1. The predicted molar refractivity (Wildman–Crippen MR) is 113 cm³/mol. The lowest BCUT2D eigenvalue weighted by molar-refractivity contribution is 0.872. The molecule has 5 aromatic rings. The first-order chi connectivity index (χ1) is 14.7. The molecule has 0 saturated carbocycles. The fourth-order valence-electron chi connectivity index (χ4n) is 3.50. The van der Waals surface area contributed by atoms with Crippen molar-refractivity contribution in [2.75, 3.05) is 5.32 Å². The fraction of sp³-hybridized carbons (Fsp3) is 0.0909. The zero-order valence-electron chi connectivity index (χ0n) is 16.0. The van der Waals surface area contributed by atoms with Crippen LogP contribution < -0.4 is 5.32 Å². The van der Waals surface area contributed by atoms with E-state index < -0.39 is 0 Å². The van der Waals surface area contributed by atoms with Crippen molar-refractivity contribution in [1.82, 2.24) is 29.9 Å². The smallest absolute Gasteiger partial charge is 0.162 e.